The van der Waals surface area contributed by atoms with Crippen LogP contribution in [-0.4, -0.2) is 19.5 Å². The van der Waals surface area contributed by atoms with Gasteiger partial charge in [0.2, 0.25) is 10.0 Å². The molecule has 0 saturated carbocycles. The van der Waals surface area contributed by atoms with Crippen molar-refractivity contribution in [3.8, 4) is 0 Å². The Hall–Kier alpha value is -2.26. The smallest absolute Gasteiger partial charge is 0.341 e. The number of esters is 1. The number of rotatable bonds is 4. The monoisotopic (exact) mass is 314 g/mol. The summed E-state index contributed by atoms with van der Waals surface area (Å²) < 4.78 is 45.5. The number of hydrogen-bond donors (Lipinski definition) is 1. The standard InChI is InChI=1S/C12H11FN2O5S/c1-7-4-8(15-20-7)6-19-12(16)10-5-9(21(14,17)18)2-3-11(10)13/h2-5H,6H2,1H3,(H2,14,17,18). The molecule has 0 aliphatic rings. The Morgan fingerprint density at radius 2 is 2.14 bits per heavy atom. The van der Waals surface area contributed by atoms with E-state index in [0.717, 1.165) is 18.2 Å². The fourth-order valence-corrected chi connectivity index (χ4v) is 2.08. The highest BCUT2D eigenvalue weighted by atomic mass is 32.2. The zero-order valence-corrected chi connectivity index (χ0v) is 11.7. The van der Waals surface area contributed by atoms with E-state index >= 15 is 0 Å². The maximum atomic E-state index is 13.6. The number of halogens is 1. The van der Waals surface area contributed by atoms with Crippen LogP contribution in [0.4, 0.5) is 4.39 Å². The summed E-state index contributed by atoms with van der Waals surface area (Å²) in [5.41, 5.74) is -0.175. The highest BCUT2D eigenvalue weighted by Gasteiger charge is 2.18. The summed E-state index contributed by atoms with van der Waals surface area (Å²) in [5.74, 6) is -1.41. The molecule has 0 bridgehead atoms. The SMILES string of the molecule is Cc1cc(COC(=O)c2cc(S(N)(=O)=O)ccc2F)no1. The van der Waals surface area contributed by atoms with Crippen LogP contribution in [0.1, 0.15) is 21.8 Å². The molecule has 9 heteroatoms. The van der Waals surface area contributed by atoms with Crippen molar-refractivity contribution in [2.45, 2.75) is 18.4 Å². The average Bonchev–Trinajstić information content (AvgIpc) is 2.81. The van der Waals surface area contributed by atoms with Gasteiger partial charge in [0.15, 0.2) is 0 Å². The van der Waals surface area contributed by atoms with Crippen LogP contribution in [0.25, 0.3) is 0 Å². The average molecular weight is 314 g/mol. The number of benzene rings is 1. The minimum absolute atomic E-state index is 0.227. The summed E-state index contributed by atoms with van der Waals surface area (Å²) in [7, 11) is -4.04. The summed E-state index contributed by atoms with van der Waals surface area (Å²) in [5, 5.41) is 8.52. The van der Waals surface area contributed by atoms with Gasteiger partial charge in [-0.2, -0.15) is 0 Å². The normalized spacial score (nSPS) is 11.4. The number of carbonyl (C=O) groups is 1. The van der Waals surface area contributed by atoms with E-state index in [-0.39, 0.29) is 11.5 Å². The van der Waals surface area contributed by atoms with Crippen LogP contribution in [0.15, 0.2) is 33.7 Å². The van der Waals surface area contributed by atoms with E-state index in [9.17, 15) is 17.6 Å². The number of carbonyl (C=O) groups excluding carboxylic acids is 1. The molecule has 0 spiro atoms. The van der Waals surface area contributed by atoms with E-state index in [0.29, 0.717) is 11.5 Å². The molecule has 0 saturated heterocycles. The third kappa shape index (κ3) is 3.64. The quantitative estimate of drug-likeness (QED) is 0.846. The Labute approximate surface area is 119 Å². The van der Waals surface area contributed by atoms with Crippen molar-refractivity contribution in [2.75, 3.05) is 0 Å². The van der Waals surface area contributed by atoms with Gasteiger partial charge in [-0.15, -0.1) is 0 Å². The van der Waals surface area contributed by atoms with E-state index in [1.165, 1.54) is 0 Å². The fourth-order valence-electron chi connectivity index (χ4n) is 1.54. The van der Waals surface area contributed by atoms with Gasteiger partial charge in [0.25, 0.3) is 0 Å². The molecular formula is C12H11FN2O5S. The van der Waals surface area contributed by atoms with Gasteiger partial charge in [-0.25, -0.2) is 22.7 Å². The van der Waals surface area contributed by atoms with Crippen molar-refractivity contribution < 1.29 is 26.9 Å². The van der Waals surface area contributed by atoms with Crippen LogP contribution in [0.5, 0.6) is 0 Å². The maximum Gasteiger partial charge on any atom is 0.341 e. The van der Waals surface area contributed by atoms with Gasteiger partial charge >= 0.3 is 5.97 Å². The van der Waals surface area contributed by atoms with Gasteiger partial charge in [-0.1, -0.05) is 5.16 Å². The molecule has 0 radical (unpaired) electrons. The molecule has 0 atom stereocenters. The first-order valence-corrected chi connectivity index (χ1v) is 7.23. The number of aromatic nitrogens is 1. The lowest BCUT2D eigenvalue weighted by Crippen LogP contribution is -2.14. The van der Waals surface area contributed by atoms with Crippen molar-refractivity contribution in [3.05, 3.63) is 47.1 Å². The van der Waals surface area contributed by atoms with Gasteiger partial charge in [-0.3, -0.25) is 0 Å². The van der Waals surface area contributed by atoms with Crippen LogP contribution >= 0.6 is 0 Å². The van der Waals surface area contributed by atoms with Crippen molar-refractivity contribution >= 4 is 16.0 Å². The molecule has 1 aromatic heterocycles. The number of ether oxygens (including phenoxy) is 1. The van der Waals surface area contributed by atoms with Gasteiger partial charge in [0.1, 0.15) is 23.9 Å². The second-order valence-electron chi connectivity index (χ2n) is 4.19. The fraction of sp³-hybridized carbons (Fsp3) is 0.167. The molecule has 1 aromatic carbocycles. The minimum Gasteiger partial charge on any atom is -0.455 e. The zero-order valence-electron chi connectivity index (χ0n) is 10.9. The molecule has 112 valence electrons. The van der Waals surface area contributed by atoms with Crippen LogP contribution in [0.3, 0.4) is 0 Å². The molecule has 0 unspecified atom stereocenters. The second-order valence-corrected chi connectivity index (χ2v) is 5.75. The molecule has 0 fully saturated rings. The van der Waals surface area contributed by atoms with E-state index in [1.807, 2.05) is 0 Å². The number of hydrogen-bond acceptors (Lipinski definition) is 6. The molecule has 7 nitrogen and oxygen atoms in total. The lowest BCUT2D eigenvalue weighted by atomic mass is 10.2. The molecular weight excluding hydrogens is 303 g/mol. The lowest BCUT2D eigenvalue weighted by molar-refractivity contribution is 0.0458. The minimum atomic E-state index is -4.04. The van der Waals surface area contributed by atoms with E-state index in [2.05, 4.69) is 5.16 Å². The predicted octanol–water partition coefficient (Wildman–Crippen LogP) is 1.13. The number of primary sulfonamides is 1. The molecule has 1 heterocycles. The molecule has 0 amide bonds. The predicted molar refractivity (Wildman–Crippen MR) is 68.1 cm³/mol. The topological polar surface area (TPSA) is 112 Å². The Bertz CT molecular complexity index is 785. The van der Waals surface area contributed by atoms with Gasteiger partial charge in [0, 0.05) is 6.07 Å². The number of nitrogens with two attached hydrogens (primary N) is 1. The maximum absolute atomic E-state index is 13.6. The summed E-state index contributed by atoms with van der Waals surface area (Å²) in [4.78, 5) is 11.4. The first-order chi connectivity index (χ1) is 9.77. The number of aryl methyl sites for hydroxylation is 1. The Morgan fingerprint density at radius 3 is 2.71 bits per heavy atom. The van der Waals surface area contributed by atoms with E-state index < -0.39 is 27.4 Å². The van der Waals surface area contributed by atoms with Crippen LogP contribution in [0.2, 0.25) is 0 Å². The van der Waals surface area contributed by atoms with Crippen LogP contribution in [0, 0.1) is 12.7 Å². The van der Waals surface area contributed by atoms with E-state index in [4.69, 9.17) is 14.4 Å². The Balaban J connectivity index is 2.18. The number of nitrogens with zero attached hydrogens (tertiary/aromatic N) is 1. The third-order valence-corrected chi connectivity index (χ3v) is 3.43. The summed E-state index contributed by atoms with van der Waals surface area (Å²) in [6.07, 6.45) is 0. The third-order valence-electron chi connectivity index (χ3n) is 2.51. The molecule has 0 aliphatic carbocycles. The van der Waals surface area contributed by atoms with Gasteiger partial charge in [0.05, 0.1) is 10.5 Å². The molecule has 2 aromatic rings. The van der Waals surface area contributed by atoms with Crippen molar-refractivity contribution in [1.82, 2.24) is 5.16 Å². The van der Waals surface area contributed by atoms with Crippen molar-refractivity contribution in [1.29, 1.82) is 0 Å². The second kappa shape index (κ2) is 5.62. The molecule has 2 N–H and O–H groups in total. The summed E-state index contributed by atoms with van der Waals surface area (Å²) >= 11 is 0. The highest BCUT2D eigenvalue weighted by Crippen LogP contribution is 2.16. The first-order valence-electron chi connectivity index (χ1n) is 5.69. The number of sulfonamides is 1. The Morgan fingerprint density at radius 1 is 1.43 bits per heavy atom. The van der Waals surface area contributed by atoms with Gasteiger partial charge < -0.3 is 9.26 Å². The molecule has 21 heavy (non-hydrogen) atoms. The summed E-state index contributed by atoms with van der Waals surface area (Å²) in [6.45, 7) is 1.43. The van der Waals surface area contributed by atoms with Crippen molar-refractivity contribution in [2.24, 2.45) is 5.14 Å². The van der Waals surface area contributed by atoms with Crippen LogP contribution in [-0.2, 0) is 21.4 Å². The lowest BCUT2D eigenvalue weighted by Gasteiger charge is -2.05. The van der Waals surface area contributed by atoms with Crippen LogP contribution < -0.4 is 5.14 Å². The van der Waals surface area contributed by atoms with Gasteiger partial charge in [-0.05, 0) is 25.1 Å². The first kappa shape index (κ1) is 15.1. The zero-order chi connectivity index (χ0) is 15.6. The summed E-state index contributed by atoms with van der Waals surface area (Å²) in [6, 6.07) is 4.16. The highest BCUT2D eigenvalue weighted by molar-refractivity contribution is 7.89. The molecule has 0 aliphatic heterocycles. The van der Waals surface area contributed by atoms with E-state index in [1.54, 1.807) is 13.0 Å². The van der Waals surface area contributed by atoms with Crippen molar-refractivity contribution in [3.63, 3.8) is 0 Å². The molecule has 2 rings (SSSR count). The Kier molecular flexibility index (Phi) is 4.05. The largest absolute Gasteiger partial charge is 0.455 e.